The van der Waals surface area contributed by atoms with Crippen LogP contribution in [0.4, 0.5) is 0 Å². The average molecular weight is 173 g/mol. The lowest BCUT2D eigenvalue weighted by Gasteiger charge is -2.25. The first-order chi connectivity index (χ1) is 5.50. The molecule has 4 nitrogen and oxygen atoms in total. The van der Waals surface area contributed by atoms with Gasteiger partial charge in [-0.3, -0.25) is 9.69 Å². The Balaban J connectivity index is 4.28. The molecule has 1 atom stereocenters. The summed E-state index contributed by atoms with van der Waals surface area (Å²) < 4.78 is 0. The average Bonchev–Trinajstić information content (AvgIpc) is 1.85. The minimum absolute atomic E-state index is 0.00690. The van der Waals surface area contributed by atoms with Gasteiger partial charge < -0.3 is 9.90 Å². The van der Waals surface area contributed by atoms with E-state index in [0.717, 1.165) is 0 Å². The van der Waals surface area contributed by atoms with Gasteiger partial charge in [-0.15, -0.1) is 0 Å². The number of likely N-dealkylation sites (N-methyl/N-ethyl adjacent to an activating group) is 1. The smallest absolute Gasteiger partial charge is 0.321 e. The van der Waals surface area contributed by atoms with E-state index in [4.69, 9.17) is 5.11 Å². The van der Waals surface area contributed by atoms with Crippen LogP contribution in [0.5, 0.6) is 0 Å². The number of carbonyl (C=O) groups is 2. The van der Waals surface area contributed by atoms with Gasteiger partial charge in [-0.25, -0.2) is 0 Å². The van der Waals surface area contributed by atoms with Crippen LogP contribution in [-0.4, -0.2) is 41.9 Å². The van der Waals surface area contributed by atoms with Gasteiger partial charge in [0.05, 0.1) is 6.54 Å². The van der Waals surface area contributed by atoms with Crippen LogP contribution in [0.2, 0.25) is 0 Å². The molecule has 70 valence electrons. The molecule has 0 heterocycles. The summed E-state index contributed by atoms with van der Waals surface area (Å²) in [6, 6.07) is -0.574. The van der Waals surface area contributed by atoms with Crippen LogP contribution in [-0.2, 0) is 9.59 Å². The highest BCUT2D eigenvalue weighted by Crippen LogP contribution is 2.08. The zero-order chi connectivity index (χ0) is 9.72. The normalized spacial score (nSPS) is 13.4. The van der Waals surface area contributed by atoms with Gasteiger partial charge in [0, 0.05) is 0 Å². The van der Waals surface area contributed by atoms with Crippen LogP contribution in [0.1, 0.15) is 13.8 Å². The topological polar surface area (TPSA) is 57.6 Å². The van der Waals surface area contributed by atoms with Gasteiger partial charge >= 0.3 is 5.97 Å². The second-order valence-corrected chi connectivity index (χ2v) is 3.13. The summed E-state index contributed by atoms with van der Waals surface area (Å²) in [7, 11) is 1.63. The number of carboxylic acid groups (broad SMARTS) is 1. The quantitative estimate of drug-likeness (QED) is 0.604. The maximum atomic E-state index is 10.7. The lowest BCUT2D eigenvalue weighted by Crippen LogP contribution is -2.43. The number of rotatable bonds is 5. The van der Waals surface area contributed by atoms with E-state index in [2.05, 4.69) is 0 Å². The SMILES string of the molecule is CC(C)C(C(=O)O)N(C)CC=O. The standard InChI is InChI=1S/C8H15NO3/c1-6(2)7(8(11)12)9(3)4-5-10/h5-7H,4H2,1-3H3,(H,11,12). The van der Waals surface area contributed by atoms with E-state index in [-0.39, 0.29) is 12.5 Å². The molecule has 0 fully saturated rings. The zero-order valence-corrected chi connectivity index (χ0v) is 7.65. The van der Waals surface area contributed by atoms with Crippen molar-refractivity contribution < 1.29 is 14.7 Å². The largest absolute Gasteiger partial charge is 0.480 e. The van der Waals surface area contributed by atoms with Crippen molar-refractivity contribution >= 4 is 12.3 Å². The first kappa shape index (κ1) is 11.1. The van der Waals surface area contributed by atoms with E-state index in [1.807, 2.05) is 13.8 Å². The second-order valence-electron chi connectivity index (χ2n) is 3.13. The third-order valence-electron chi connectivity index (χ3n) is 1.72. The first-order valence-electron chi connectivity index (χ1n) is 3.87. The Morgan fingerprint density at radius 3 is 2.33 bits per heavy atom. The molecule has 0 saturated carbocycles. The van der Waals surface area contributed by atoms with Gasteiger partial charge in [0.2, 0.25) is 0 Å². The molecule has 0 aliphatic rings. The Morgan fingerprint density at radius 2 is 2.08 bits per heavy atom. The van der Waals surface area contributed by atoms with Crippen LogP contribution in [0.15, 0.2) is 0 Å². The molecule has 4 heteroatoms. The van der Waals surface area contributed by atoms with Crippen molar-refractivity contribution in [1.82, 2.24) is 4.90 Å². The molecule has 12 heavy (non-hydrogen) atoms. The van der Waals surface area contributed by atoms with Crippen LogP contribution in [0.3, 0.4) is 0 Å². The van der Waals surface area contributed by atoms with E-state index in [1.165, 1.54) is 4.90 Å². The Labute approximate surface area is 72.2 Å². The Bertz CT molecular complexity index is 168. The van der Waals surface area contributed by atoms with Gasteiger partial charge in [0.25, 0.3) is 0 Å². The van der Waals surface area contributed by atoms with Crippen molar-refractivity contribution in [3.63, 3.8) is 0 Å². The molecule has 0 aliphatic carbocycles. The maximum absolute atomic E-state index is 10.7. The lowest BCUT2D eigenvalue weighted by atomic mass is 10.0. The zero-order valence-electron chi connectivity index (χ0n) is 7.65. The van der Waals surface area contributed by atoms with E-state index in [1.54, 1.807) is 7.05 Å². The monoisotopic (exact) mass is 173 g/mol. The number of carbonyl (C=O) groups excluding carboxylic acids is 1. The van der Waals surface area contributed by atoms with Crippen molar-refractivity contribution in [2.45, 2.75) is 19.9 Å². The van der Waals surface area contributed by atoms with E-state index in [9.17, 15) is 9.59 Å². The summed E-state index contributed by atoms with van der Waals surface area (Å²) in [5, 5.41) is 8.78. The second kappa shape index (κ2) is 4.87. The van der Waals surface area contributed by atoms with Crippen LogP contribution < -0.4 is 0 Å². The van der Waals surface area contributed by atoms with Crippen LogP contribution >= 0.6 is 0 Å². The summed E-state index contributed by atoms with van der Waals surface area (Å²) in [6.45, 7) is 3.80. The summed E-state index contributed by atoms with van der Waals surface area (Å²) in [5.74, 6) is -0.873. The minimum atomic E-state index is -0.880. The Hall–Kier alpha value is -0.900. The number of aldehydes is 1. The fraction of sp³-hybridized carbons (Fsp3) is 0.750. The molecule has 0 aromatic carbocycles. The van der Waals surface area contributed by atoms with Gasteiger partial charge in [0.1, 0.15) is 12.3 Å². The third-order valence-corrected chi connectivity index (χ3v) is 1.72. The first-order valence-corrected chi connectivity index (χ1v) is 3.87. The molecular weight excluding hydrogens is 158 g/mol. The number of aliphatic carboxylic acids is 1. The van der Waals surface area contributed by atoms with Crippen molar-refractivity contribution in [3.05, 3.63) is 0 Å². The van der Waals surface area contributed by atoms with Gasteiger partial charge in [-0.1, -0.05) is 13.8 Å². The fourth-order valence-electron chi connectivity index (χ4n) is 1.21. The van der Waals surface area contributed by atoms with E-state index >= 15 is 0 Å². The van der Waals surface area contributed by atoms with Crippen LogP contribution in [0, 0.1) is 5.92 Å². The molecule has 0 aliphatic heterocycles. The highest BCUT2D eigenvalue weighted by molar-refractivity contribution is 5.74. The Kier molecular flexibility index (Phi) is 4.51. The fourth-order valence-corrected chi connectivity index (χ4v) is 1.21. The number of nitrogens with zero attached hydrogens (tertiary/aromatic N) is 1. The van der Waals surface area contributed by atoms with Gasteiger partial charge in [-0.2, -0.15) is 0 Å². The molecule has 0 radical (unpaired) electrons. The predicted molar refractivity (Wildman–Crippen MR) is 45.0 cm³/mol. The minimum Gasteiger partial charge on any atom is -0.480 e. The molecule has 0 saturated heterocycles. The number of hydrogen-bond donors (Lipinski definition) is 1. The van der Waals surface area contributed by atoms with Crippen molar-refractivity contribution in [1.29, 1.82) is 0 Å². The maximum Gasteiger partial charge on any atom is 0.321 e. The molecule has 0 amide bonds. The molecule has 1 N–H and O–H groups in total. The van der Waals surface area contributed by atoms with Crippen LogP contribution in [0.25, 0.3) is 0 Å². The molecule has 0 aromatic rings. The van der Waals surface area contributed by atoms with E-state index in [0.29, 0.717) is 6.29 Å². The van der Waals surface area contributed by atoms with Gasteiger partial charge in [-0.05, 0) is 13.0 Å². The summed E-state index contributed by atoms with van der Waals surface area (Å²) >= 11 is 0. The predicted octanol–water partition coefficient (Wildman–Crippen LogP) is 0.226. The van der Waals surface area contributed by atoms with Crippen molar-refractivity contribution in [2.75, 3.05) is 13.6 Å². The summed E-state index contributed by atoms with van der Waals surface area (Å²) in [6.07, 6.45) is 0.707. The number of carboxylic acids is 1. The Morgan fingerprint density at radius 1 is 1.58 bits per heavy atom. The van der Waals surface area contributed by atoms with Gasteiger partial charge in [0.15, 0.2) is 0 Å². The number of hydrogen-bond acceptors (Lipinski definition) is 3. The summed E-state index contributed by atoms with van der Waals surface area (Å²) in [4.78, 5) is 22.4. The highest BCUT2D eigenvalue weighted by atomic mass is 16.4. The third kappa shape index (κ3) is 3.00. The lowest BCUT2D eigenvalue weighted by molar-refractivity contribution is -0.144. The molecule has 1 unspecified atom stereocenters. The molecule has 0 rings (SSSR count). The highest BCUT2D eigenvalue weighted by Gasteiger charge is 2.25. The molecule has 0 bridgehead atoms. The van der Waals surface area contributed by atoms with Crippen molar-refractivity contribution in [2.24, 2.45) is 5.92 Å². The summed E-state index contributed by atoms with van der Waals surface area (Å²) in [5.41, 5.74) is 0. The molecule has 0 spiro atoms. The molecular formula is C8H15NO3. The van der Waals surface area contributed by atoms with Crippen molar-refractivity contribution in [3.8, 4) is 0 Å². The van der Waals surface area contributed by atoms with E-state index < -0.39 is 12.0 Å². The molecule has 0 aromatic heterocycles.